The molecule has 3 aromatic rings. The number of likely N-dealkylation sites (tertiary alicyclic amines) is 1. The number of urea groups is 1. The fourth-order valence-electron chi connectivity index (χ4n) is 3.85. The Balaban J connectivity index is 1.38. The SMILES string of the molecule is Cc1cnc(CC2CCN(C(=O)Nc3ccccc3F)C2)n1Cc1ccccc1. The number of para-hydroxylation sites is 1. The van der Waals surface area contributed by atoms with Gasteiger partial charge in [0.1, 0.15) is 11.6 Å². The van der Waals surface area contributed by atoms with Gasteiger partial charge in [0.05, 0.1) is 5.69 Å². The molecule has 0 radical (unpaired) electrons. The van der Waals surface area contributed by atoms with Crippen molar-refractivity contribution in [1.29, 1.82) is 0 Å². The second-order valence-electron chi connectivity index (χ2n) is 7.60. The number of imidazole rings is 1. The van der Waals surface area contributed by atoms with Crippen LogP contribution >= 0.6 is 0 Å². The monoisotopic (exact) mass is 392 g/mol. The van der Waals surface area contributed by atoms with Gasteiger partial charge in [-0.15, -0.1) is 0 Å². The van der Waals surface area contributed by atoms with Crippen LogP contribution in [0.25, 0.3) is 0 Å². The van der Waals surface area contributed by atoms with E-state index in [0.29, 0.717) is 19.0 Å². The van der Waals surface area contributed by atoms with Gasteiger partial charge in [-0.05, 0) is 37.0 Å². The Morgan fingerprint density at radius 2 is 1.93 bits per heavy atom. The number of carbonyl (C=O) groups is 1. The molecule has 1 aliphatic heterocycles. The first-order chi connectivity index (χ1) is 14.1. The third kappa shape index (κ3) is 4.47. The van der Waals surface area contributed by atoms with Crippen LogP contribution in [0.3, 0.4) is 0 Å². The van der Waals surface area contributed by atoms with Gasteiger partial charge in [0.2, 0.25) is 0 Å². The molecule has 1 saturated heterocycles. The van der Waals surface area contributed by atoms with Gasteiger partial charge in [0.25, 0.3) is 0 Å². The Morgan fingerprint density at radius 3 is 2.72 bits per heavy atom. The fraction of sp³-hybridized carbons (Fsp3) is 0.304. The van der Waals surface area contributed by atoms with Gasteiger partial charge in [-0.3, -0.25) is 0 Å². The predicted molar refractivity (Wildman–Crippen MR) is 111 cm³/mol. The third-order valence-corrected chi connectivity index (χ3v) is 5.48. The van der Waals surface area contributed by atoms with Crippen LogP contribution in [0.5, 0.6) is 0 Å². The molecule has 1 fully saturated rings. The maximum Gasteiger partial charge on any atom is 0.321 e. The summed E-state index contributed by atoms with van der Waals surface area (Å²) in [7, 11) is 0. The third-order valence-electron chi connectivity index (χ3n) is 5.48. The van der Waals surface area contributed by atoms with Gasteiger partial charge in [-0.1, -0.05) is 42.5 Å². The lowest BCUT2D eigenvalue weighted by Crippen LogP contribution is -2.33. The summed E-state index contributed by atoms with van der Waals surface area (Å²) >= 11 is 0. The molecule has 2 amide bonds. The van der Waals surface area contributed by atoms with Crippen molar-refractivity contribution in [3.8, 4) is 0 Å². The second-order valence-corrected chi connectivity index (χ2v) is 7.60. The molecule has 5 nitrogen and oxygen atoms in total. The van der Waals surface area contributed by atoms with Crippen molar-refractivity contribution < 1.29 is 9.18 Å². The van der Waals surface area contributed by atoms with E-state index in [1.807, 2.05) is 24.4 Å². The molecule has 1 aliphatic rings. The lowest BCUT2D eigenvalue weighted by atomic mass is 10.0. The summed E-state index contributed by atoms with van der Waals surface area (Å²) in [6.07, 6.45) is 3.65. The van der Waals surface area contributed by atoms with Gasteiger partial charge in [-0.2, -0.15) is 0 Å². The van der Waals surface area contributed by atoms with Crippen LogP contribution in [0.1, 0.15) is 23.5 Å². The van der Waals surface area contributed by atoms with Crippen LogP contribution < -0.4 is 5.32 Å². The summed E-state index contributed by atoms with van der Waals surface area (Å²) in [6.45, 7) is 4.19. The van der Waals surface area contributed by atoms with Crippen molar-refractivity contribution in [1.82, 2.24) is 14.5 Å². The maximum absolute atomic E-state index is 13.8. The smallest absolute Gasteiger partial charge is 0.321 e. The summed E-state index contributed by atoms with van der Waals surface area (Å²) < 4.78 is 16.0. The minimum atomic E-state index is -0.421. The van der Waals surface area contributed by atoms with E-state index in [0.717, 1.165) is 30.9 Å². The number of carbonyl (C=O) groups excluding carboxylic acids is 1. The van der Waals surface area contributed by atoms with E-state index in [2.05, 4.69) is 33.9 Å². The average molecular weight is 392 g/mol. The largest absolute Gasteiger partial charge is 0.328 e. The number of hydrogen-bond acceptors (Lipinski definition) is 2. The number of nitrogens with one attached hydrogen (secondary N) is 1. The second kappa shape index (κ2) is 8.47. The highest BCUT2D eigenvalue weighted by Gasteiger charge is 2.28. The first kappa shape index (κ1) is 19.2. The number of aryl methyl sites for hydroxylation is 1. The van der Waals surface area contributed by atoms with Crippen molar-refractivity contribution in [3.63, 3.8) is 0 Å². The normalized spacial score (nSPS) is 16.2. The highest BCUT2D eigenvalue weighted by molar-refractivity contribution is 5.89. The van der Waals surface area contributed by atoms with Crippen molar-refractivity contribution in [2.24, 2.45) is 5.92 Å². The molecule has 2 heterocycles. The van der Waals surface area contributed by atoms with Crippen LogP contribution in [0.4, 0.5) is 14.9 Å². The van der Waals surface area contributed by atoms with Crippen molar-refractivity contribution >= 4 is 11.7 Å². The molecular weight excluding hydrogens is 367 g/mol. The predicted octanol–water partition coefficient (Wildman–Crippen LogP) is 4.48. The van der Waals surface area contributed by atoms with E-state index in [-0.39, 0.29) is 11.7 Å². The molecule has 0 aliphatic carbocycles. The number of rotatable bonds is 5. The number of nitrogens with zero attached hydrogens (tertiary/aromatic N) is 3. The molecule has 1 aromatic heterocycles. The average Bonchev–Trinajstić information content (AvgIpc) is 3.33. The molecule has 0 saturated carbocycles. The Hall–Kier alpha value is -3.15. The van der Waals surface area contributed by atoms with E-state index < -0.39 is 5.82 Å². The van der Waals surface area contributed by atoms with Crippen LogP contribution in [0.15, 0.2) is 60.8 Å². The number of anilines is 1. The molecule has 29 heavy (non-hydrogen) atoms. The van der Waals surface area contributed by atoms with Gasteiger partial charge in [0.15, 0.2) is 0 Å². The van der Waals surface area contributed by atoms with Crippen LogP contribution in [0.2, 0.25) is 0 Å². The van der Waals surface area contributed by atoms with Gasteiger partial charge >= 0.3 is 6.03 Å². The zero-order chi connectivity index (χ0) is 20.2. The maximum atomic E-state index is 13.8. The Morgan fingerprint density at radius 1 is 1.17 bits per heavy atom. The van der Waals surface area contributed by atoms with Crippen LogP contribution in [-0.2, 0) is 13.0 Å². The minimum absolute atomic E-state index is 0.218. The highest BCUT2D eigenvalue weighted by Crippen LogP contribution is 2.23. The lowest BCUT2D eigenvalue weighted by Gasteiger charge is -2.18. The number of hydrogen-bond donors (Lipinski definition) is 1. The molecule has 0 bridgehead atoms. The number of amides is 2. The zero-order valence-electron chi connectivity index (χ0n) is 16.5. The first-order valence-corrected chi connectivity index (χ1v) is 9.95. The van der Waals surface area contributed by atoms with Crippen LogP contribution in [-0.4, -0.2) is 33.6 Å². The van der Waals surface area contributed by atoms with Crippen molar-refractivity contribution in [3.05, 3.63) is 83.7 Å². The first-order valence-electron chi connectivity index (χ1n) is 9.95. The zero-order valence-corrected chi connectivity index (χ0v) is 16.5. The quantitative estimate of drug-likeness (QED) is 0.696. The fourth-order valence-corrected chi connectivity index (χ4v) is 3.85. The molecule has 1 atom stereocenters. The highest BCUT2D eigenvalue weighted by atomic mass is 19.1. The summed E-state index contributed by atoms with van der Waals surface area (Å²) in [5.74, 6) is 0.973. The number of halogens is 1. The van der Waals surface area contributed by atoms with Crippen molar-refractivity contribution in [2.75, 3.05) is 18.4 Å². The summed E-state index contributed by atoms with van der Waals surface area (Å²) in [5.41, 5.74) is 2.60. The number of benzene rings is 2. The molecule has 150 valence electrons. The molecule has 1 N–H and O–H groups in total. The standard InChI is InChI=1S/C23H25FN4O/c1-17-14-25-22(28(17)16-18-7-3-2-4-8-18)13-19-11-12-27(15-19)23(29)26-21-10-6-5-9-20(21)24/h2-10,14,19H,11-13,15-16H2,1H3,(H,26,29). The van der Waals surface area contributed by atoms with E-state index in [1.54, 1.807) is 23.1 Å². The molecular formula is C23H25FN4O. The minimum Gasteiger partial charge on any atom is -0.328 e. The summed E-state index contributed by atoms with van der Waals surface area (Å²) in [4.78, 5) is 18.9. The molecule has 1 unspecified atom stereocenters. The van der Waals surface area contributed by atoms with E-state index in [9.17, 15) is 9.18 Å². The Bertz CT molecular complexity index is 986. The Labute approximate surface area is 170 Å². The molecule has 4 rings (SSSR count). The molecule has 2 aromatic carbocycles. The van der Waals surface area contributed by atoms with Gasteiger partial charge in [-0.25, -0.2) is 14.2 Å². The van der Waals surface area contributed by atoms with Crippen LogP contribution in [0, 0.1) is 18.7 Å². The number of aromatic nitrogens is 2. The Kier molecular flexibility index (Phi) is 5.60. The van der Waals surface area contributed by atoms with E-state index in [1.165, 1.54) is 11.6 Å². The van der Waals surface area contributed by atoms with Gasteiger partial charge < -0.3 is 14.8 Å². The van der Waals surface area contributed by atoms with Gasteiger partial charge in [0, 0.05) is 37.9 Å². The molecule has 0 spiro atoms. The summed E-state index contributed by atoms with van der Waals surface area (Å²) in [6, 6.07) is 16.3. The topological polar surface area (TPSA) is 50.2 Å². The van der Waals surface area contributed by atoms with Crippen molar-refractivity contribution in [2.45, 2.75) is 26.3 Å². The lowest BCUT2D eigenvalue weighted by molar-refractivity contribution is 0.220. The molecule has 6 heteroatoms. The van der Waals surface area contributed by atoms with E-state index >= 15 is 0 Å². The summed E-state index contributed by atoms with van der Waals surface area (Å²) in [5, 5.41) is 2.68. The van der Waals surface area contributed by atoms with E-state index in [4.69, 9.17) is 0 Å².